The Kier molecular flexibility index (Phi) is 5.55. The van der Waals surface area contributed by atoms with Crippen molar-refractivity contribution in [3.63, 3.8) is 0 Å². The van der Waals surface area contributed by atoms with Gasteiger partial charge in [0.2, 0.25) is 0 Å². The Balaban J connectivity index is 1.74. The van der Waals surface area contributed by atoms with Crippen LogP contribution in [0.15, 0.2) is 0 Å². The molecule has 2 aliphatic carbocycles. The first kappa shape index (κ1) is 16.1. The second-order valence-corrected chi connectivity index (χ2v) is 8.96. The summed E-state index contributed by atoms with van der Waals surface area (Å²) in [6.45, 7) is 1.09. The molecular weight excluding hydrogens is 278 g/mol. The normalized spacial score (nSPS) is 31.9. The van der Waals surface area contributed by atoms with E-state index < -0.39 is 0 Å². The van der Waals surface area contributed by atoms with Crippen LogP contribution < -0.4 is 0 Å². The SMILES string of the molecule is CN(C)C[C@@H]1CSC(C2CCCCC2)(C2CCCCC2)O1. The van der Waals surface area contributed by atoms with Crippen LogP contribution in [0.4, 0.5) is 0 Å². The molecule has 2 nitrogen and oxygen atoms in total. The number of ether oxygens (including phenoxy) is 1. The molecular formula is C18H33NOS. The Morgan fingerprint density at radius 2 is 1.43 bits per heavy atom. The molecule has 21 heavy (non-hydrogen) atoms. The molecule has 0 amide bonds. The second kappa shape index (κ2) is 7.23. The molecule has 1 heterocycles. The lowest BCUT2D eigenvalue weighted by Gasteiger charge is -2.45. The van der Waals surface area contributed by atoms with Gasteiger partial charge in [0.15, 0.2) is 0 Å². The minimum absolute atomic E-state index is 0.182. The number of nitrogens with zero attached hydrogens (tertiary/aromatic N) is 1. The molecule has 0 aromatic carbocycles. The summed E-state index contributed by atoms with van der Waals surface area (Å²) in [4.78, 5) is 2.48. The lowest BCUT2D eigenvalue weighted by molar-refractivity contribution is -0.0970. The van der Waals surface area contributed by atoms with Crippen LogP contribution in [-0.4, -0.2) is 42.3 Å². The predicted molar refractivity (Wildman–Crippen MR) is 91.8 cm³/mol. The average Bonchev–Trinajstić information content (AvgIpc) is 2.93. The first-order valence-electron chi connectivity index (χ1n) is 9.17. The van der Waals surface area contributed by atoms with E-state index in [9.17, 15) is 0 Å². The van der Waals surface area contributed by atoms with Crippen molar-refractivity contribution in [2.75, 3.05) is 26.4 Å². The molecule has 0 aromatic rings. The monoisotopic (exact) mass is 311 g/mol. The van der Waals surface area contributed by atoms with Crippen LogP contribution in [0, 0.1) is 11.8 Å². The highest BCUT2D eigenvalue weighted by molar-refractivity contribution is 8.00. The molecule has 0 N–H and O–H groups in total. The molecule has 3 fully saturated rings. The predicted octanol–water partition coefficient (Wildman–Crippen LogP) is 4.54. The van der Waals surface area contributed by atoms with Crippen LogP contribution in [0.1, 0.15) is 64.2 Å². The molecule has 0 radical (unpaired) electrons. The van der Waals surface area contributed by atoms with E-state index in [4.69, 9.17) is 4.74 Å². The number of hydrogen-bond donors (Lipinski definition) is 0. The molecule has 1 aliphatic heterocycles. The van der Waals surface area contributed by atoms with E-state index in [1.807, 2.05) is 0 Å². The van der Waals surface area contributed by atoms with E-state index in [0.717, 1.165) is 18.4 Å². The maximum absolute atomic E-state index is 6.86. The van der Waals surface area contributed by atoms with E-state index in [2.05, 4.69) is 30.8 Å². The van der Waals surface area contributed by atoms with Crippen LogP contribution in [0.2, 0.25) is 0 Å². The quantitative estimate of drug-likeness (QED) is 0.756. The summed E-state index contributed by atoms with van der Waals surface area (Å²) in [7, 11) is 4.35. The van der Waals surface area contributed by atoms with Crippen molar-refractivity contribution in [1.82, 2.24) is 4.90 Å². The van der Waals surface area contributed by atoms with Crippen molar-refractivity contribution < 1.29 is 4.74 Å². The van der Waals surface area contributed by atoms with E-state index in [-0.39, 0.29) is 4.93 Å². The van der Waals surface area contributed by atoms with Crippen molar-refractivity contribution in [2.24, 2.45) is 11.8 Å². The summed E-state index contributed by atoms with van der Waals surface area (Å²) in [6, 6.07) is 0. The van der Waals surface area contributed by atoms with Crippen LogP contribution in [0.3, 0.4) is 0 Å². The summed E-state index contributed by atoms with van der Waals surface area (Å²) in [5.41, 5.74) is 0. The standard InChI is InChI=1S/C18H33NOS/c1-19(2)13-17-14-21-18(20-17,15-9-5-3-6-10-15)16-11-7-4-8-12-16/h15-17H,3-14H2,1-2H3/t17-/m1/s1. The van der Waals surface area contributed by atoms with Gasteiger partial charge in [0.1, 0.15) is 4.93 Å². The molecule has 0 bridgehead atoms. The van der Waals surface area contributed by atoms with Crippen molar-refractivity contribution in [1.29, 1.82) is 0 Å². The van der Waals surface area contributed by atoms with Gasteiger partial charge in [0.25, 0.3) is 0 Å². The van der Waals surface area contributed by atoms with Gasteiger partial charge < -0.3 is 9.64 Å². The Hall–Kier alpha value is 0.270. The van der Waals surface area contributed by atoms with Crippen molar-refractivity contribution in [2.45, 2.75) is 75.2 Å². The zero-order chi connectivity index (χ0) is 14.7. The van der Waals surface area contributed by atoms with Gasteiger partial charge in [0, 0.05) is 12.3 Å². The molecule has 122 valence electrons. The molecule has 2 saturated carbocycles. The fraction of sp³-hybridized carbons (Fsp3) is 1.00. The molecule has 0 aromatic heterocycles. The van der Waals surface area contributed by atoms with E-state index >= 15 is 0 Å². The van der Waals surface area contributed by atoms with Gasteiger partial charge in [-0.15, -0.1) is 11.8 Å². The number of thioether (sulfide) groups is 1. The van der Waals surface area contributed by atoms with Gasteiger partial charge in [-0.05, 0) is 51.6 Å². The third kappa shape index (κ3) is 3.61. The van der Waals surface area contributed by atoms with Gasteiger partial charge >= 0.3 is 0 Å². The first-order chi connectivity index (χ1) is 10.2. The van der Waals surface area contributed by atoms with E-state index in [0.29, 0.717) is 6.10 Å². The molecule has 1 atom stereocenters. The average molecular weight is 312 g/mol. The molecule has 3 aliphatic rings. The minimum Gasteiger partial charge on any atom is -0.358 e. The topological polar surface area (TPSA) is 12.5 Å². The first-order valence-corrected chi connectivity index (χ1v) is 10.2. The van der Waals surface area contributed by atoms with Gasteiger partial charge in [-0.1, -0.05) is 38.5 Å². The fourth-order valence-corrected chi connectivity index (χ4v) is 6.59. The maximum atomic E-state index is 6.86. The summed E-state index contributed by atoms with van der Waals surface area (Å²) in [6.07, 6.45) is 14.7. The van der Waals surface area contributed by atoms with Gasteiger partial charge in [-0.25, -0.2) is 0 Å². The fourth-order valence-electron chi connectivity index (χ4n) is 4.82. The van der Waals surface area contributed by atoms with Crippen molar-refractivity contribution in [3.8, 4) is 0 Å². The summed E-state index contributed by atoms with van der Waals surface area (Å²) in [5.74, 6) is 2.86. The lowest BCUT2D eigenvalue weighted by atomic mass is 9.74. The second-order valence-electron chi connectivity index (χ2n) is 7.70. The maximum Gasteiger partial charge on any atom is 0.119 e. The minimum atomic E-state index is 0.182. The van der Waals surface area contributed by atoms with Gasteiger partial charge in [0.05, 0.1) is 6.10 Å². The Bertz CT molecular complexity index is 303. The third-order valence-electron chi connectivity index (χ3n) is 5.76. The van der Waals surface area contributed by atoms with Crippen LogP contribution >= 0.6 is 11.8 Å². The number of likely N-dealkylation sites (N-methyl/N-ethyl adjacent to an activating group) is 1. The van der Waals surface area contributed by atoms with Gasteiger partial charge in [-0.2, -0.15) is 0 Å². The molecule has 3 rings (SSSR count). The van der Waals surface area contributed by atoms with Crippen LogP contribution in [0.5, 0.6) is 0 Å². The molecule has 0 spiro atoms. The highest BCUT2D eigenvalue weighted by Crippen LogP contribution is 2.55. The lowest BCUT2D eigenvalue weighted by Crippen LogP contribution is -2.45. The van der Waals surface area contributed by atoms with Crippen molar-refractivity contribution in [3.05, 3.63) is 0 Å². The zero-order valence-electron chi connectivity index (χ0n) is 14.0. The van der Waals surface area contributed by atoms with E-state index in [1.165, 1.54) is 70.0 Å². The summed E-state index contributed by atoms with van der Waals surface area (Å²) >= 11 is 2.20. The largest absolute Gasteiger partial charge is 0.358 e. The van der Waals surface area contributed by atoms with Crippen LogP contribution in [-0.2, 0) is 4.74 Å². The number of hydrogen-bond acceptors (Lipinski definition) is 3. The smallest absolute Gasteiger partial charge is 0.119 e. The Labute approximate surface area is 135 Å². The third-order valence-corrected chi connectivity index (χ3v) is 7.52. The Morgan fingerprint density at radius 3 is 1.90 bits per heavy atom. The summed E-state index contributed by atoms with van der Waals surface area (Å²) < 4.78 is 6.86. The summed E-state index contributed by atoms with van der Waals surface area (Å²) in [5, 5.41) is 0. The van der Waals surface area contributed by atoms with Gasteiger partial charge in [-0.3, -0.25) is 0 Å². The highest BCUT2D eigenvalue weighted by Gasteiger charge is 2.52. The Morgan fingerprint density at radius 1 is 0.905 bits per heavy atom. The highest BCUT2D eigenvalue weighted by atomic mass is 32.2. The van der Waals surface area contributed by atoms with Crippen molar-refractivity contribution >= 4 is 11.8 Å². The number of rotatable bonds is 4. The molecule has 0 unspecified atom stereocenters. The molecule has 3 heteroatoms. The zero-order valence-corrected chi connectivity index (χ0v) is 14.8. The van der Waals surface area contributed by atoms with E-state index in [1.54, 1.807) is 0 Å². The molecule has 1 saturated heterocycles. The van der Waals surface area contributed by atoms with Crippen LogP contribution in [0.25, 0.3) is 0 Å².